The number of aromatic nitrogens is 1. The fraction of sp³-hybridized carbons (Fsp3) is 0.467. The predicted octanol–water partition coefficient (Wildman–Crippen LogP) is 3.13. The van der Waals surface area contributed by atoms with Crippen LogP contribution in [-0.4, -0.2) is 11.6 Å². The van der Waals surface area contributed by atoms with E-state index in [-0.39, 0.29) is 0 Å². The molecular formula is C15H18N2O. The summed E-state index contributed by atoms with van der Waals surface area (Å²) >= 11 is 0. The molecule has 18 heavy (non-hydrogen) atoms. The van der Waals surface area contributed by atoms with E-state index in [1.54, 1.807) is 6.08 Å². The minimum absolute atomic E-state index is 0.357. The number of hydrogen-bond donors (Lipinski definition) is 0. The lowest BCUT2D eigenvalue weighted by atomic mass is 9.98. The number of rotatable bonds is 4. The van der Waals surface area contributed by atoms with Gasteiger partial charge < -0.3 is 4.74 Å². The molecule has 3 heteroatoms. The van der Waals surface area contributed by atoms with Crippen molar-refractivity contribution in [1.82, 2.24) is 4.98 Å². The average molecular weight is 242 g/mol. The first-order chi connectivity index (χ1) is 8.69. The van der Waals surface area contributed by atoms with Gasteiger partial charge in [-0.25, -0.2) is 4.98 Å². The molecule has 1 aromatic heterocycles. The molecule has 0 aliphatic heterocycles. The van der Waals surface area contributed by atoms with E-state index in [1.165, 1.54) is 5.56 Å². The molecule has 0 saturated heterocycles. The second-order valence-corrected chi connectivity index (χ2v) is 4.85. The second kappa shape index (κ2) is 5.22. The second-order valence-electron chi connectivity index (χ2n) is 4.85. The molecule has 0 fully saturated rings. The van der Waals surface area contributed by atoms with Crippen molar-refractivity contribution in [2.24, 2.45) is 0 Å². The van der Waals surface area contributed by atoms with Gasteiger partial charge in [0.05, 0.1) is 5.69 Å². The first-order valence-corrected chi connectivity index (χ1v) is 6.38. The lowest BCUT2D eigenvalue weighted by Gasteiger charge is -2.15. The summed E-state index contributed by atoms with van der Waals surface area (Å²) in [6, 6.07) is 2.25. The maximum Gasteiger partial charge on any atom is 0.232 e. The highest BCUT2D eigenvalue weighted by Gasteiger charge is 2.25. The third-order valence-corrected chi connectivity index (χ3v) is 3.26. The topological polar surface area (TPSA) is 45.9 Å². The highest BCUT2D eigenvalue weighted by Crippen LogP contribution is 2.35. The van der Waals surface area contributed by atoms with E-state index in [0.29, 0.717) is 24.0 Å². The SMILES string of the molecule is C=CCOc1nc(C(C)C)c2c(c1C#N)CCC2. The van der Waals surface area contributed by atoms with Gasteiger partial charge in [-0.15, -0.1) is 0 Å². The van der Waals surface area contributed by atoms with E-state index in [0.717, 1.165) is 30.5 Å². The number of fused-ring (bicyclic) bond motifs is 1. The molecule has 1 aromatic rings. The first kappa shape index (κ1) is 12.6. The van der Waals surface area contributed by atoms with E-state index in [2.05, 4.69) is 31.5 Å². The van der Waals surface area contributed by atoms with Gasteiger partial charge in [-0.1, -0.05) is 26.5 Å². The number of nitrogens with zero attached hydrogens (tertiary/aromatic N) is 2. The van der Waals surface area contributed by atoms with Crippen molar-refractivity contribution in [2.45, 2.75) is 39.0 Å². The van der Waals surface area contributed by atoms with Crippen LogP contribution in [0.3, 0.4) is 0 Å². The molecule has 0 spiro atoms. The molecule has 3 nitrogen and oxygen atoms in total. The van der Waals surface area contributed by atoms with Crippen LogP contribution in [0.25, 0.3) is 0 Å². The molecule has 0 amide bonds. The summed E-state index contributed by atoms with van der Waals surface area (Å²) in [5.41, 5.74) is 4.12. The Morgan fingerprint density at radius 1 is 1.44 bits per heavy atom. The van der Waals surface area contributed by atoms with Crippen molar-refractivity contribution < 1.29 is 4.74 Å². The van der Waals surface area contributed by atoms with Crippen LogP contribution in [0, 0.1) is 11.3 Å². The van der Waals surface area contributed by atoms with Gasteiger partial charge in [0, 0.05) is 0 Å². The van der Waals surface area contributed by atoms with E-state index in [1.807, 2.05) is 0 Å². The van der Waals surface area contributed by atoms with Crippen LogP contribution in [0.4, 0.5) is 0 Å². The average Bonchev–Trinajstić information content (AvgIpc) is 2.83. The smallest absolute Gasteiger partial charge is 0.232 e. The van der Waals surface area contributed by atoms with Crippen molar-refractivity contribution >= 4 is 0 Å². The van der Waals surface area contributed by atoms with E-state index < -0.39 is 0 Å². The van der Waals surface area contributed by atoms with Crippen LogP contribution in [0.15, 0.2) is 12.7 Å². The molecular weight excluding hydrogens is 224 g/mol. The van der Waals surface area contributed by atoms with Gasteiger partial charge >= 0.3 is 0 Å². The summed E-state index contributed by atoms with van der Waals surface area (Å²) in [7, 11) is 0. The maximum atomic E-state index is 9.32. The summed E-state index contributed by atoms with van der Waals surface area (Å²) in [5.74, 6) is 0.831. The first-order valence-electron chi connectivity index (χ1n) is 6.38. The van der Waals surface area contributed by atoms with Crippen molar-refractivity contribution in [1.29, 1.82) is 5.26 Å². The monoisotopic (exact) mass is 242 g/mol. The molecule has 0 aromatic carbocycles. The molecule has 0 bridgehead atoms. The van der Waals surface area contributed by atoms with Gasteiger partial charge in [-0.3, -0.25) is 0 Å². The Balaban J connectivity index is 2.56. The Morgan fingerprint density at radius 3 is 2.78 bits per heavy atom. The highest BCUT2D eigenvalue weighted by molar-refractivity contribution is 5.53. The summed E-state index contributed by atoms with van der Waals surface area (Å²) < 4.78 is 5.54. The lowest BCUT2D eigenvalue weighted by Crippen LogP contribution is -2.07. The fourth-order valence-electron chi connectivity index (χ4n) is 2.50. The zero-order chi connectivity index (χ0) is 13.1. The molecule has 0 saturated carbocycles. The van der Waals surface area contributed by atoms with Gasteiger partial charge in [-0.05, 0) is 36.3 Å². The summed E-state index contributed by atoms with van der Waals surface area (Å²) in [6.07, 6.45) is 4.78. The predicted molar refractivity (Wildman–Crippen MR) is 70.8 cm³/mol. The Kier molecular flexibility index (Phi) is 3.66. The molecule has 1 heterocycles. The van der Waals surface area contributed by atoms with Crippen LogP contribution in [0.5, 0.6) is 5.88 Å². The number of nitriles is 1. The minimum Gasteiger partial charge on any atom is -0.472 e. The zero-order valence-corrected chi connectivity index (χ0v) is 11.0. The van der Waals surface area contributed by atoms with Gasteiger partial charge in [0.15, 0.2) is 0 Å². The van der Waals surface area contributed by atoms with Gasteiger partial charge in [0.1, 0.15) is 18.2 Å². The fourth-order valence-corrected chi connectivity index (χ4v) is 2.50. The Labute approximate surface area is 108 Å². The van der Waals surface area contributed by atoms with Crippen LogP contribution >= 0.6 is 0 Å². The third kappa shape index (κ3) is 2.11. The van der Waals surface area contributed by atoms with Crippen LogP contribution < -0.4 is 4.74 Å². The highest BCUT2D eigenvalue weighted by atomic mass is 16.5. The van der Waals surface area contributed by atoms with Gasteiger partial charge in [0.25, 0.3) is 0 Å². The summed E-state index contributed by atoms with van der Waals surface area (Å²) in [6.45, 7) is 8.27. The Morgan fingerprint density at radius 2 is 2.17 bits per heavy atom. The largest absolute Gasteiger partial charge is 0.472 e. The Hall–Kier alpha value is -1.82. The quantitative estimate of drug-likeness (QED) is 0.762. The minimum atomic E-state index is 0.357. The van der Waals surface area contributed by atoms with Crippen molar-refractivity contribution in [3.05, 3.63) is 35.0 Å². The summed E-state index contributed by atoms with van der Waals surface area (Å²) in [4.78, 5) is 4.56. The number of ether oxygens (including phenoxy) is 1. The third-order valence-electron chi connectivity index (χ3n) is 3.26. The molecule has 94 valence electrons. The molecule has 1 aliphatic carbocycles. The van der Waals surface area contributed by atoms with E-state index in [4.69, 9.17) is 4.74 Å². The molecule has 0 N–H and O–H groups in total. The standard InChI is InChI=1S/C15H18N2O/c1-4-8-18-15-13(9-16)11-6-5-7-12(11)14(17-15)10(2)3/h4,10H,1,5-8H2,2-3H3. The molecule has 2 rings (SSSR count). The van der Waals surface area contributed by atoms with Crippen molar-refractivity contribution in [3.63, 3.8) is 0 Å². The van der Waals surface area contributed by atoms with Crippen molar-refractivity contribution in [3.8, 4) is 11.9 Å². The normalized spacial score (nSPS) is 13.2. The zero-order valence-electron chi connectivity index (χ0n) is 11.0. The number of pyridine rings is 1. The van der Waals surface area contributed by atoms with Crippen LogP contribution in [-0.2, 0) is 12.8 Å². The van der Waals surface area contributed by atoms with Gasteiger partial charge in [-0.2, -0.15) is 5.26 Å². The van der Waals surface area contributed by atoms with E-state index in [9.17, 15) is 5.26 Å². The molecule has 0 radical (unpaired) electrons. The molecule has 1 aliphatic rings. The lowest BCUT2D eigenvalue weighted by molar-refractivity contribution is 0.345. The van der Waals surface area contributed by atoms with Crippen LogP contribution in [0.2, 0.25) is 0 Å². The van der Waals surface area contributed by atoms with Crippen LogP contribution in [0.1, 0.15) is 48.6 Å². The Bertz CT molecular complexity index is 512. The molecule has 0 atom stereocenters. The van der Waals surface area contributed by atoms with Crippen molar-refractivity contribution in [2.75, 3.05) is 6.61 Å². The maximum absolute atomic E-state index is 9.32. The molecule has 0 unspecified atom stereocenters. The number of hydrogen-bond acceptors (Lipinski definition) is 3. The van der Waals surface area contributed by atoms with E-state index >= 15 is 0 Å². The summed E-state index contributed by atoms with van der Waals surface area (Å²) in [5, 5.41) is 9.32. The van der Waals surface area contributed by atoms with Gasteiger partial charge in [0.2, 0.25) is 5.88 Å².